The molecule has 6 heteroatoms. The lowest BCUT2D eigenvalue weighted by atomic mass is 10.1. The number of hydrogen-bond donors (Lipinski definition) is 2. The Kier molecular flexibility index (Phi) is 3.21. The Morgan fingerprint density at radius 1 is 1.19 bits per heavy atom. The number of benzene rings is 1. The number of allylic oxidation sites excluding steroid dienone is 2. The molecule has 1 aromatic heterocycles. The van der Waals surface area contributed by atoms with E-state index in [0.717, 1.165) is 4.57 Å². The maximum absolute atomic E-state index is 13.9. The number of H-pyrrole nitrogens is 1. The lowest BCUT2D eigenvalue weighted by Gasteiger charge is -2.17. The van der Waals surface area contributed by atoms with Crippen molar-refractivity contribution < 1.29 is 9.50 Å². The molecule has 0 bridgehead atoms. The van der Waals surface area contributed by atoms with Crippen molar-refractivity contribution in [2.45, 2.75) is 18.9 Å². The van der Waals surface area contributed by atoms with Crippen molar-refractivity contribution >= 4 is 0 Å². The first-order chi connectivity index (χ1) is 10.1. The molecule has 108 valence electrons. The molecule has 3 rings (SSSR count). The third-order valence-electron chi connectivity index (χ3n) is 3.61. The molecule has 2 aromatic rings. The zero-order chi connectivity index (χ0) is 15.0. The van der Waals surface area contributed by atoms with Crippen molar-refractivity contribution in [3.63, 3.8) is 0 Å². The molecule has 0 atom stereocenters. The van der Waals surface area contributed by atoms with Crippen LogP contribution in [0.25, 0.3) is 11.1 Å². The van der Waals surface area contributed by atoms with E-state index >= 15 is 0 Å². The standard InChI is InChI=1S/C15H13FN2O3/c16-11-8-4-3-7-10(11)12-13(19)17-15(21)18(14(12)20)9-5-1-2-6-9/h1-4,7-9,20H,5-6H2,(H,17,19,21). The van der Waals surface area contributed by atoms with E-state index in [4.69, 9.17) is 0 Å². The largest absolute Gasteiger partial charge is 0.494 e. The second kappa shape index (κ2) is 5.05. The van der Waals surface area contributed by atoms with Gasteiger partial charge in [0.05, 0.1) is 0 Å². The van der Waals surface area contributed by atoms with Crippen molar-refractivity contribution in [2.24, 2.45) is 0 Å². The van der Waals surface area contributed by atoms with Crippen LogP contribution < -0.4 is 11.2 Å². The molecule has 0 saturated carbocycles. The summed E-state index contributed by atoms with van der Waals surface area (Å²) in [5, 5.41) is 10.3. The van der Waals surface area contributed by atoms with Gasteiger partial charge in [-0.15, -0.1) is 0 Å². The smallest absolute Gasteiger partial charge is 0.331 e. The van der Waals surface area contributed by atoms with E-state index in [1.807, 2.05) is 12.2 Å². The van der Waals surface area contributed by atoms with Crippen LogP contribution in [0.15, 0.2) is 46.0 Å². The molecule has 0 spiro atoms. The van der Waals surface area contributed by atoms with Crippen molar-refractivity contribution in [3.05, 3.63) is 63.1 Å². The minimum atomic E-state index is -0.801. The van der Waals surface area contributed by atoms with Crippen molar-refractivity contribution in [3.8, 4) is 17.0 Å². The molecule has 1 heterocycles. The number of aromatic hydroxyl groups is 1. The van der Waals surface area contributed by atoms with Crippen LogP contribution >= 0.6 is 0 Å². The molecule has 21 heavy (non-hydrogen) atoms. The fourth-order valence-electron chi connectivity index (χ4n) is 2.60. The van der Waals surface area contributed by atoms with Gasteiger partial charge in [-0.3, -0.25) is 14.3 Å². The topological polar surface area (TPSA) is 75.1 Å². The van der Waals surface area contributed by atoms with E-state index in [2.05, 4.69) is 4.98 Å². The molecule has 0 radical (unpaired) electrons. The van der Waals surface area contributed by atoms with E-state index in [1.165, 1.54) is 18.2 Å². The van der Waals surface area contributed by atoms with Crippen molar-refractivity contribution in [1.29, 1.82) is 0 Å². The summed E-state index contributed by atoms with van der Waals surface area (Å²) in [4.78, 5) is 26.1. The Labute approximate surface area is 119 Å². The molecule has 1 aromatic carbocycles. The molecular weight excluding hydrogens is 275 g/mol. The van der Waals surface area contributed by atoms with Gasteiger partial charge in [0.2, 0.25) is 5.88 Å². The maximum atomic E-state index is 13.9. The van der Waals surface area contributed by atoms with Crippen LogP contribution in [0, 0.1) is 5.82 Å². The fraction of sp³-hybridized carbons (Fsp3) is 0.200. The summed E-state index contributed by atoms with van der Waals surface area (Å²) in [5.74, 6) is -1.13. The van der Waals surface area contributed by atoms with E-state index < -0.39 is 22.9 Å². The lowest BCUT2D eigenvalue weighted by molar-refractivity contribution is 0.369. The lowest BCUT2D eigenvalue weighted by Crippen LogP contribution is -2.33. The normalized spacial score (nSPS) is 14.7. The monoisotopic (exact) mass is 288 g/mol. The molecule has 0 fully saturated rings. The average molecular weight is 288 g/mol. The summed E-state index contributed by atoms with van der Waals surface area (Å²) < 4.78 is 15.0. The number of nitrogens with zero attached hydrogens (tertiary/aromatic N) is 1. The van der Waals surface area contributed by atoms with Crippen LogP contribution in [0.3, 0.4) is 0 Å². The van der Waals surface area contributed by atoms with Crippen LogP contribution in [0.4, 0.5) is 4.39 Å². The second-order valence-electron chi connectivity index (χ2n) is 4.90. The number of nitrogens with one attached hydrogen (secondary N) is 1. The summed E-state index contributed by atoms with van der Waals surface area (Å²) in [6.45, 7) is 0. The number of halogens is 1. The minimum absolute atomic E-state index is 0.0315. The van der Waals surface area contributed by atoms with Gasteiger partial charge < -0.3 is 5.11 Å². The van der Waals surface area contributed by atoms with Gasteiger partial charge in [0.25, 0.3) is 5.56 Å². The SMILES string of the molecule is O=c1[nH]c(=O)n(C2CC=CC2)c(O)c1-c1ccccc1F. The average Bonchev–Trinajstić information content (AvgIpc) is 2.94. The second-order valence-corrected chi connectivity index (χ2v) is 4.90. The predicted octanol–water partition coefficient (Wildman–Crippen LogP) is 1.94. The minimum Gasteiger partial charge on any atom is -0.494 e. The van der Waals surface area contributed by atoms with Gasteiger partial charge in [-0.25, -0.2) is 9.18 Å². The highest BCUT2D eigenvalue weighted by Crippen LogP contribution is 2.31. The third kappa shape index (κ3) is 2.18. The summed E-state index contributed by atoms with van der Waals surface area (Å²) in [6.07, 6.45) is 4.95. The molecule has 0 amide bonds. The van der Waals surface area contributed by atoms with E-state index in [-0.39, 0.29) is 17.2 Å². The first kappa shape index (κ1) is 13.4. The van der Waals surface area contributed by atoms with Crippen molar-refractivity contribution in [2.75, 3.05) is 0 Å². The van der Waals surface area contributed by atoms with E-state index in [0.29, 0.717) is 12.8 Å². The first-order valence-corrected chi connectivity index (χ1v) is 6.57. The molecule has 0 saturated heterocycles. The fourth-order valence-corrected chi connectivity index (χ4v) is 2.60. The Balaban J connectivity index is 2.27. The quantitative estimate of drug-likeness (QED) is 0.829. The van der Waals surface area contributed by atoms with Gasteiger partial charge >= 0.3 is 5.69 Å². The van der Waals surface area contributed by atoms with Gasteiger partial charge in [0.1, 0.15) is 11.4 Å². The van der Waals surface area contributed by atoms with Gasteiger partial charge in [0, 0.05) is 11.6 Å². The zero-order valence-electron chi connectivity index (χ0n) is 11.0. The predicted molar refractivity (Wildman–Crippen MR) is 75.8 cm³/mol. The highest BCUT2D eigenvalue weighted by Gasteiger charge is 2.23. The molecule has 0 unspecified atom stereocenters. The Bertz CT molecular complexity index is 828. The zero-order valence-corrected chi connectivity index (χ0v) is 11.0. The molecule has 2 N–H and O–H groups in total. The van der Waals surface area contributed by atoms with Gasteiger partial charge in [-0.1, -0.05) is 30.4 Å². The molecule has 1 aliphatic rings. The van der Waals surface area contributed by atoms with Gasteiger partial charge in [0.15, 0.2) is 0 Å². The Morgan fingerprint density at radius 3 is 2.52 bits per heavy atom. The van der Waals surface area contributed by atoms with Gasteiger partial charge in [-0.2, -0.15) is 0 Å². The maximum Gasteiger partial charge on any atom is 0.331 e. The summed E-state index contributed by atoms with van der Waals surface area (Å²) in [5.41, 5.74) is -1.74. The molecule has 1 aliphatic carbocycles. The summed E-state index contributed by atoms with van der Waals surface area (Å²) in [6, 6.07) is 5.37. The third-order valence-corrected chi connectivity index (χ3v) is 3.61. The number of hydrogen-bond acceptors (Lipinski definition) is 3. The Morgan fingerprint density at radius 2 is 1.86 bits per heavy atom. The van der Waals surface area contributed by atoms with E-state index in [1.54, 1.807) is 6.07 Å². The van der Waals surface area contributed by atoms with Crippen LogP contribution in [0.5, 0.6) is 5.88 Å². The highest BCUT2D eigenvalue weighted by atomic mass is 19.1. The summed E-state index contributed by atoms with van der Waals surface area (Å²) in [7, 11) is 0. The number of aromatic nitrogens is 2. The molecule has 5 nitrogen and oxygen atoms in total. The van der Waals surface area contributed by atoms with Crippen LogP contribution in [0.2, 0.25) is 0 Å². The van der Waals surface area contributed by atoms with Crippen molar-refractivity contribution in [1.82, 2.24) is 9.55 Å². The first-order valence-electron chi connectivity index (χ1n) is 6.57. The highest BCUT2D eigenvalue weighted by molar-refractivity contribution is 5.67. The molecule has 0 aliphatic heterocycles. The Hall–Kier alpha value is -2.63. The molecular formula is C15H13FN2O3. The summed E-state index contributed by atoms with van der Waals surface area (Å²) >= 11 is 0. The number of rotatable bonds is 2. The van der Waals surface area contributed by atoms with Crippen LogP contribution in [-0.4, -0.2) is 14.7 Å². The number of aromatic amines is 1. The van der Waals surface area contributed by atoms with Crippen LogP contribution in [-0.2, 0) is 0 Å². The van der Waals surface area contributed by atoms with E-state index in [9.17, 15) is 19.1 Å². The van der Waals surface area contributed by atoms with Crippen LogP contribution in [0.1, 0.15) is 18.9 Å². The van der Waals surface area contributed by atoms with Gasteiger partial charge in [-0.05, 0) is 18.9 Å².